The Morgan fingerprint density at radius 1 is 1.42 bits per heavy atom. The van der Waals surface area contributed by atoms with Crippen LogP contribution in [0.15, 0.2) is 24.3 Å². The fourth-order valence-corrected chi connectivity index (χ4v) is 1.42. The summed E-state index contributed by atoms with van der Waals surface area (Å²) in [6.07, 6.45) is -0.620. The number of para-hydroxylation sites is 1. The third kappa shape index (κ3) is 4.57. The number of amides is 1. The second-order valence-corrected chi connectivity index (χ2v) is 5.06. The van der Waals surface area contributed by atoms with E-state index in [9.17, 15) is 14.9 Å². The van der Waals surface area contributed by atoms with E-state index in [2.05, 4.69) is 7.05 Å². The van der Waals surface area contributed by atoms with Gasteiger partial charge in [0, 0.05) is 18.7 Å². The molecule has 0 aliphatic carbocycles. The molecule has 6 heteroatoms. The van der Waals surface area contributed by atoms with Crippen LogP contribution in [0.3, 0.4) is 0 Å². The Kier molecular flexibility index (Phi) is 4.47. The highest BCUT2D eigenvalue weighted by Crippen LogP contribution is 2.20. The summed E-state index contributed by atoms with van der Waals surface area (Å²) < 4.78 is 5.13. The normalized spacial score (nSPS) is 10.9. The summed E-state index contributed by atoms with van der Waals surface area (Å²) in [4.78, 5) is 23.1. The number of nitro groups is 1. The van der Waals surface area contributed by atoms with Crippen LogP contribution in [0, 0.1) is 17.2 Å². The molecule has 1 radical (unpaired) electrons. The number of ether oxygens (including phenoxy) is 1. The SMILES string of the molecule is [CH2]N(Cc1ccccc1[N+](=O)[O-])C(=O)OC(C)(C)C. The molecule has 0 spiro atoms. The van der Waals surface area contributed by atoms with Gasteiger partial charge in [-0.15, -0.1) is 0 Å². The summed E-state index contributed by atoms with van der Waals surface area (Å²) in [7, 11) is 3.55. The minimum absolute atomic E-state index is 0.0199. The number of nitro benzene ring substituents is 1. The van der Waals surface area contributed by atoms with Gasteiger partial charge in [-0.2, -0.15) is 0 Å². The van der Waals surface area contributed by atoms with Crippen LogP contribution in [0.2, 0.25) is 0 Å². The molecule has 0 saturated heterocycles. The van der Waals surface area contributed by atoms with Gasteiger partial charge in [-0.25, -0.2) is 4.79 Å². The standard InChI is InChI=1S/C13H17N2O4/c1-13(2,3)19-12(16)14(4)9-10-7-5-6-8-11(10)15(17)18/h5-8H,4,9H2,1-3H3. The largest absolute Gasteiger partial charge is 0.444 e. The molecule has 0 unspecified atom stereocenters. The van der Waals surface area contributed by atoms with Crippen LogP contribution < -0.4 is 0 Å². The molecular weight excluding hydrogens is 248 g/mol. The van der Waals surface area contributed by atoms with Crippen LogP contribution in [0.4, 0.5) is 10.5 Å². The topological polar surface area (TPSA) is 72.7 Å². The van der Waals surface area contributed by atoms with Crippen molar-refractivity contribution in [2.45, 2.75) is 32.9 Å². The summed E-state index contributed by atoms with van der Waals surface area (Å²) in [5.41, 5.74) is -0.261. The van der Waals surface area contributed by atoms with Crippen molar-refractivity contribution in [2.75, 3.05) is 0 Å². The third-order valence-corrected chi connectivity index (χ3v) is 2.20. The third-order valence-electron chi connectivity index (χ3n) is 2.20. The Morgan fingerprint density at radius 2 is 2.00 bits per heavy atom. The molecule has 0 atom stereocenters. The monoisotopic (exact) mass is 265 g/mol. The Morgan fingerprint density at radius 3 is 2.53 bits per heavy atom. The lowest BCUT2D eigenvalue weighted by Crippen LogP contribution is -2.32. The lowest BCUT2D eigenvalue weighted by molar-refractivity contribution is -0.385. The predicted molar refractivity (Wildman–Crippen MR) is 70.2 cm³/mol. The van der Waals surface area contributed by atoms with Crippen molar-refractivity contribution < 1.29 is 14.5 Å². The molecule has 0 bridgehead atoms. The highest BCUT2D eigenvalue weighted by molar-refractivity contribution is 5.68. The van der Waals surface area contributed by atoms with Gasteiger partial charge in [0.15, 0.2) is 0 Å². The van der Waals surface area contributed by atoms with Gasteiger partial charge >= 0.3 is 6.09 Å². The number of benzene rings is 1. The van der Waals surface area contributed by atoms with Gasteiger partial charge in [-0.05, 0) is 20.8 Å². The van der Waals surface area contributed by atoms with E-state index in [1.165, 1.54) is 6.07 Å². The average Bonchev–Trinajstić information content (AvgIpc) is 2.27. The highest BCUT2D eigenvalue weighted by Gasteiger charge is 2.22. The van der Waals surface area contributed by atoms with Crippen molar-refractivity contribution in [1.29, 1.82) is 0 Å². The van der Waals surface area contributed by atoms with Gasteiger partial charge < -0.3 is 9.64 Å². The van der Waals surface area contributed by atoms with E-state index in [1.54, 1.807) is 39.0 Å². The molecule has 103 valence electrons. The zero-order chi connectivity index (χ0) is 14.6. The van der Waals surface area contributed by atoms with E-state index in [0.29, 0.717) is 5.56 Å². The number of rotatable bonds is 3. The molecule has 0 aromatic heterocycles. The van der Waals surface area contributed by atoms with Crippen LogP contribution in [-0.2, 0) is 11.3 Å². The Balaban J connectivity index is 2.80. The van der Waals surface area contributed by atoms with E-state index in [0.717, 1.165) is 4.90 Å². The maximum atomic E-state index is 11.7. The van der Waals surface area contributed by atoms with E-state index < -0.39 is 16.6 Å². The number of carbonyl (C=O) groups excluding carboxylic acids is 1. The first-order chi connectivity index (χ1) is 8.70. The number of hydrogen-bond acceptors (Lipinski definition) is 4. The van der Waals surface area contributed by atoms with Crippen molar-refractivity contribution in [2.24, 2.45) is 0 Å². The molecular formula is C13H17N2O4. The molecule has 1 rings (SSSR count). The maximum absolute atomic E-state index is 11.7. The molecule has 0 heterocycles. The molecule has 0 saturated carbocycles. The summed E-state index contributed by atoms with van der Waals surface area (Å²) in [6.45, 7) is 5.24. The predicted octanol–water partition coefficient (Wildman–Crippen LogP) is 3.12. The minimum Gasteiger partial charge on any atom is -0.444 e. The fraction of sp³-hybridized carbons (Fsp3) is 0.385. The van der Waals surface area contributed by atoms with Crippen molar-refractivity contribution in [3.63, 3.8) is 0 Å². The average molecular weight is 265 g/mol. The summed E-state index contributed by atoms with van der Waals surface area (Å²) >= 11 is 0. The van der Waals surface area contributed by atoms with Crippen LogP contribution in [0.5, 0.6) is 0 Å². The van der Waals surface area contributed by atoms with Crippen LogP contribution in [0.1, 0.15) is 26.3 Å². The molecule has 0 fully saturated rings. The molecule has 19 heavy (non-hydrogen) atoms. The zero-order valence-corrected chi connectivity index (χ0v) is 11.3. The van der Waals surface area contributed by atoms with Gasteiger partial charge in [-0.1, -0.05) is 18.2 Å². The molecule has 1 amide bonds. The molecule has 0 N–H and O–H groups in total. The van der Waals surface area contributed by atoms with Crippen molar-refractivity contribution in [1.82, 2.24) is 4.90 Å². The molecule has 6 nitrogen and oxygen atoms in total. The van der Waals surface area contributed by atoms with Crippen LogP contribution in [0.25, 0.3) is 0 Å². The number of hydrogen-bond donors (Lipinski definition) is 0. The Bertz CT molecular complexity index is 480. The minimum atomic E-state index is -0.629. The van der Waals surface area contributed by atoms with Gasteiger partial charge in [-0.3, -0.25) is 10.1 Å². The van der Waals surface area contributed by atoms with Crippen LogP contribution >= 0.6 is 0 Å². The van der Waals surface area contributed by atoms with Crippen molar-refractivity contribution in [3.05, 3.63) is 47.0 Å². The lowest BCUT2D eigenvalue weighted by atomic mass is 10.1. The second kappa shape index (κ2) is 5.69. The second-order valence-electron chi connectivity index (χ2n) is 5.06. The fourth-order valence-electron chi connectivity index (χ4n) is 1.42. The first-order valence-electron chi connectivity index (χ1n) is 5.74. The Labute approximate surface area is 112 Å². The smallest absolute Gasteiger partial charge is 0.410 e. The molecule has 1 aromatic carbocycles. The summed E-state index contributed by atoms with van der Waals surface area (Å²) in [5, 5.41) is 10.9. The quantitative estimate of drug-likeness (QED) is 0.621. The molecule has 1 aromatic rings. The number of carbonyl (C=O) groups is 1. The zero-order valence-electron chi connectivity index (χ0n) is 11.3. The molecule has 0 aliphatic rings. The number of nitrogens with zero attached hydrogens (tertiary/aromatic N) is 2. The van der Waals surface area contributed by atoms with E-state index in [4.69, 9.17) is 4.74 Å². The highest BCUT2D eigenvalue weighted by atomic mass is 16.6. The van der Waals surface area contributed by atoms with Crippen molar-refractivity contribution in [3.8, 4) is 0 Å². The summed E-state index contributed by atoms with van der Waals surface area (Å²) in [6, 6.07) is 6.22. The molecule has 0 aliphatic heterocycles. The first kappa shape index (κ1) is 14.9. The Hall–Kier alpha value is -2.11. The van der Waals surface area contributed by atoms with Crippen LogP contribution in [-0.4, -0.2) is 21.5 Å². The van der Waals surface area contributed by atoms with E-state index in [1.807, 2.05) is 0 Å². The van der Waals surface area contributed by atoms with Gasteiger partial charge in [0.1, 0.15) is 5.60 Å². The maximum Gasteiger partial charge on any atom is 0.410 e. The first-order valence-corrected chi connectivity index (χ1v) is 5.74. The lowest BCUT2D eigenvalue weighted by Gasteiger charge is -2.24. The van der Waals surface area contributed by atoms with Gasteiger partial charge in [0.2, 0.25) is 0 Å². The van der Waals surface area contributed by atoms with Gasteiger partial charge in [0.05, 0.1) is 11.5 Å². The van der Waals surface area contributed by atoms with Crippen molar-refractivity contribution >= 4 is 11.8 Å². The van der Waals surface area contributed by atoms with E-state index >= 15 is 0 Å². The van der Waals surface area contributed by atoms with E-state index in [-0.39, 0.29) is 12.2 Å². The summed E-state index contributed by atoms with van der Waals surface area (Å²) in [5.74, 6) is 0. The van der Waals surface area contributed by atoms with Gasteiger partial charge in [0.25, 0.3) is 5.69 Å².